The highest BCUT2D eigenvalue weighted by Crippen LogP contribution is 2.35. The first-order valence-corrected chi connectivity index (χ1v) is 14.1. The molecular weight excluding hydrogens is 516 g/mol. The zero-order valence-electron chi connectivity index (χ0n) is 22.1. The number of tetrazole rings is 1. The highest BCUT2D eigenvalue weighted by Gasteiger charge is 2.35. The molecule has 4 aromatic rings. The number of aromatic amines is 1. The number of nitrogens with one attached hydrogen (secondary N) is 1. The van der Waals surface area contributed by atoms with Gasteiger partial charge in [-0.1, -0.05) is 36.6 Å². The van der Waals surface area contributed by atoms with E-state index in [0.29, 0.717) is 29.5 Å². The van der Waals surface area contributed by atoms with Gasteiger partial charge < -0.3 is 14.5 Å². The number of aromatic nitrogens is 5. The Kier molecular flexibility index (Phi) is 7.63. The van der Waals surface area contributed by atoms with Gasteiger partial charge in [0.05, 0.1) is 19.3 Å². The Morgan fingerprint density at radius 1 is 1.13 bits per heavy atom. The molecule has 2 aromatic carbocycles. The maximum atomic E-state index is 13.8. The van der Waals surface area contributed by atoms with Crippen LogP contribution in [0.4, 0.5) is 0 Å². The molecule has 10 heteroatoms. The van der Waals surface area contributed by atoms with Gasteiger partial charge >= 0.3 is 0 Å². The maximum absolute atomic E-state index is 13.8. The molecule has 1 aliphatic heterocycles. The van der Waals surface area contributed by atoms with Crippen LogP contribution in [0.15, 0.2) is 53.3 Å². The average molecular weight is 549 g/mol. The molecule has 0 bridgehead atoms. The van der Waals surface area contributed by atoms with Crippen molar-refractivity contribution in [2.75, 3.05) is 20.3 Å². The Balaban J connectivity index is 1.50. The third-order valence-corrected chi connectivity index (χ3v) is 8.19. The summed E-state index contributed by atoms with van der Waals surface area (Å²) in [7, 11) is 1.64. The summed E-state index contributed by atoms with van der Waals surface area (Å²) >= 11 is 6.20. The molecule has 1 saturated carbocycles. The van der Waals surface area contributed by atoms with Crippen molar-refractivity contribution < 1.29 is 9.47 Å². The summed E-state index contributed by atoms with van der Waals surface area (Å²) in [4.78, 5) is 19.1. The second-order valence-electron chi connectivity index (χ2n) is 10.5. The van der Waals surface area contributed by atoms with E-state index in [-0.39, 0.29) is 17.7 Å². The van der Waals surface area contributed by atoms with E-state index in [2.05, 4.69) is 25.4 Å². The van der Waals surface area contributed by atoms with Crippen LogP contribution >= 0.6 is 11.6 Å². The lowest BCUT2D eigenvalue weighted by molar-refractivity contribution is 0.0569. The lowest BCUT2D eigenvalue weighted by Crippen LogP contribution is -2.39. The van der Waals surface area contributed by atoms with E-state index >= 15 is 0 Å². The SMILES string of the molecule is COc1ccc2[nH]c(=O)c([C@@H](c3nnnn3C3CCCC3)N(Cc3ccc(Cl)cc3)C[C@@H]3CCCO3)cc2c1. The zero-order chi connectivity index (χ0) is 26.8. The van der Waals surface area contributed by atoms with Gasteiger partial charge in [0.25, 0.3) is 5.56 Å². The van der Waals surface area contributed by atoms with E-state index < -0.39 is 6.04 Å². The number of H-pyrrole nitrogens is 1. The van der Waals surface area contributed by atoms with Crippen molar-refractivity contribution >= 4 is 22.5 Å². The van der Waals surface area contributed by atoms with E-state index in [4.69, 9.17) is 21.1 Å². The lowest BCUT2D eigenvalue weighted by atomic mass is 10.0. The predicted molar refractivity (Wildman–Crippen MR) is 149 cm³/mol. The fourth-order valence-electron chi connectivity index (χ4n) is 5.96. The minimum absolute atomic E-state index is 0.0650. The van der Waals surface area contributed by atoms with Crippen LogP contribution in [0.5, 0.6) is 5.75 Å². The largest absolute Gasteiger partial charge is 0.497 e. The molecule has 9 nitrogen and oxygen atoms in total. The smallest absolute Gasteiger partial charge is 0.253 e. The Labute approximate surface area is 232 Å². The number of fused-ring (bicyclic) bond motifs is 1. The Hall–Kier alpha value is -3.27. The molecule has 2 atom stereocenters. The van der Waals surface area contributed by atoms with E-state index in [1.54, 1.807) is 7.11 Å². The molecule has 204 valence electrons. The average Bonchev–Trinajstić information content (AvgIpc) is 3.73. The Morgan fingerprint density at radius 3 is 2.69 bits per heavy atom. The second kappa shape index (κ2) is 11.5. The number of hydrogen-bond donors (Lipinski definition) is 1. The maximum Gasteiger partial charge on any atom is 0.253 e. The van der Waals surface area contributed by atoms with Crippen LogP contribution in [0, 0.1) is 0 Å². The summed E-state index contributed by atoms with van der Waals surface area (Å²) in [5.41, 5.74) is 2.27. The summed E-state index contributed by atoms with van der Waals surface area (Å²) in [5, 5.41) is 14.7. The second-order valence-corrected chi connectivity index (χ2v) is 11.0. The minimum atomic E-state index is -0.486. The van der Waals surface area contributed by atoms with E-state index in [1.807, 2.05) is 53.2 Å². The molecule has 2 aromatic heterocycles. The molecule has 39 heavy (non-hydrogen) atoms. The standard InChI is InChI=1S/C29H33ClN6O3/c1-38-23-12-13-26-20(15-23)16-25(29(37)31-26)27(28-32-33-34-36(28)22-5-2-3-6-22)35(18-24-7-4-14-39-24)17-19-8-10-21(30)11-9-19/h8-13,15-16,22,24,27H,2-7,14,17-18H2,1H3,(H,31,37)/t24-,27-/m0/s1. The Morgan fingerprint density at radius 2 is 1.95 bits per heavy atom. The zero-order valence-corrected chi connectivity index (χ0v) is 22.8. The van der Waals surface area contributed by atoms with Crippen molar-refractivity contribution in [3.63, 3.8) is 0 Å². The summed E-state index contributed by atoms with van der Waals surface area (Å²) in [6.07, 6.45) is 6.42. The molecule has 0 unspecified atom stereocenters. The number of methoxy groups -OCH3 is 1. The van der Waals surface area contributed by atoms with Crippen molar-refractivity contribution in [2.24, 2.45) is 0 Å². The Bertz CT molecular complexity index is 1470. The first-order chi connectivity index (χ1) is 19.1. The molecule has 1 saturated heterocycles. The molecule has 1 aliphatic carbocycles. The molecule has 0 amide bonds. The highest BCUT2D eigenvalue weighted by molar-refractivity contribution is 6.30. The van der Waals surface area contributed by atoms with Crippen LogP contribution in [0.3, 0.4) is 0 Å². The minimum Gasteiger partial charge on any atom is -0.497 e. The summed E-state index contributed by atoms with van der Waals surface area (Å²) in [6, 6.07) is 15.2. The van der Waals surface area contributed by atoms with Crippen molar-refractivity contribution in [3.05, 3.63) is 80.9 Å². The van der Waals surface area contributed by atoms with Crippen molar-refractivity contribution in [3.8, 4) is 5.75 Å². The van der Waals surface area contributed by atoms with E-state index in [9.17, 15) is 4.79 Å². The quantitative estimate of drug-likeness (QED) is 0.312. The van der Waals surface area contributed by atoms with Gasteiger partial charge in [-0.05, 0) is 78.1 Å². The number of rotatable bonds is 9. The highest BCUT2D eigenvalue weighted by atomic mass is 35.5. The molecular formula is C29H33ClN6O3. The lowest BCUT2D eigenvalue weighted by Gasteiger charge is -2.33. The normalized spacial score (nSPS) is 18.8. The topological polar surface area (TPSA) is 98.2 Å². The fraction of sp³-hybridized carbons (Fsp3) is 0.448. The molecule has 1 N–H and O–H groups in total. The summed E-state index contributed by atoms with van der Waals surface area (Å²) in [5.74, 6) is 1.41. The monoisotopic (exact) mass is 548 g/mol. The van der Waals surface area contributed by atoms with Gasteiger partial charge in [0.2, 0.25) is 0 Å². The number of benzene rings is 2. The van der Waals surface area contributed by atoms with Crippen molar-refractivity contribution in [2.45, 2.75) is 63.3 Å². The van der Waals surface area contributed by atoms with Crippen LogP contribution in [-0.2, 0) is 11.3 Å². The number of pyridine rings is 1. The van der Waals surface area contributed by atoms with Gasteiger partial charge in [0.1, 0.15) is 11.8 Å². The first-order valence-electron chi connectivity index (χ1n) is 13.7. The number of ether oxygens (including phenoxy) is 2. The van der Waals surface area contributed by atoms with Gasteiger partial charge in [-0.3, -0.25) is 9.69 Å². The molecule has 2 fully saturated rings. The van der Waals surface area contributed by atoms with Crippen molar-refractivity contribution in [1.29, 1.82) is 0 Å². The molecule has 0 spiro atoms. The van der Waals surface area contributed by atoms with Gasteiger partial charge in [-0.15, -0.1) is 5.10 Å². The van der Waals surface area contributed by atoms with Crippen LogP contribution in [0.1, 0.15) is 67.6 Å². The molecule has 3 heterocycles. The van der Waals surface area contributed by atoms with E-state index in [1.165, 1.54) is 0 Å². The van der Waals surface area contributed by atoms with Crippen LogP contribution in [0.2, 0.25) is 5.02 Å². The summed E-state index contributed by atoms with van der Waals surface area (Å²) in [6.45, 7) is 1.97. The van der Waals surface area contributed by atoms with Crippen molar-refractivity contribution in [1.82, 2.24) is 30.1 Å². The molecule has 2 aliphatic rings. The first kappa shape index (κ1) is 26.0. The third-order valence-electron chi connectivity index (χ3n) is 7.93. The number of hydrogen-bond acceptors (Lipinski definition) is 7. The van der Waals surface area contributed by atoms with Crippen LogP contribution in [-0.4, -0.2) is 56.5 Å². The van der Waals surface area contributed by atoms with E-state index in [0.717, 1.165) is 67.3 Å². The van der Waals surface area contributed by atoms with Gasteiger partial charge in [-0.2, -0.15) is 0 Å². The fourth-order valence-corrected chi connectivity index (χ4v) is 6.08. The molecule has 6 rings (SSSR count). The number of nitrogens with zero attached hydrogens (tertiary/aromatic N) is 5. The molecule has 0 radical (unpaired) electrons. The van der Waals surface area contributed by atoms with Crippen LogP contribution < -0.4 is 10.3 Å². The van der Waals surface area contributed by atoms with Gasteiger partial charge in [0.15, 0.2) is 5.82 Å². The predicted octanol–water partition coefficient (Wildman–Crippen LogP) is 5.06. The van der Waals surface area contributed by atoms with Gasteiger partial charge in [-0.25, -0.2) is 4.68 Å². The number of halogens is 1. The van der Waals surface area contributed by atoms with Gasteiger partial charge in [0, 0.05) is 41.2 Å². The summed E-state index contributed by atoms with van der Waals surface area (Å²) < 4.78 is 13.5. The van der Waals surface area contributed by atoms with Crippen LogP contribution in [0.25, 0.3) is 10.9 Å². The third kappa shape index (κ3) is 5.57.